The maximum absolute atomic E-state index is 13.8. The van der Waals surface area contributed by atoms with E-state index in [1.54, 1.807) is 11.0 Å². The van der Waals surface area contributed by atoms with Crippen LogP contribution in [0.5, 0.6) is 5.75 Å². The molecule has 3 fully saturated rings. The van der Waals surface area contributed by atoms with Crippen LogP contribution in [0.15, 0.2) is 18.3 Å². The van der Waals surface area contributed by atoms with Crippen LogP contribution in [0.2, 0.25) is 0 Å². The van der Waals surface area contributed by atoms with Crippen molar-refractivity contribution in [2.75, 3.05) is 41.8 Å². The number of ether oxygens (including phenoxy) is 2. The van der Waals surface area contributed by atoms with E-state index in [0.29, 0.717) is 49.1 Å². The number of nitrogens with zero attached hydrogens (tertiary/aromatic N) is 5. The van der Waals surface area contributed by atoms with E-state index in [0.717, 1.165) is 6.42 Å². The summed E-state index contributed by atoms with van der Waals surface area (Å²) in [7, 11) is 0. The van der Waals surface area contributed by atoms with Crippen molar-refractivity contribution in [2.24, 2.45) is 0 Å². The molecule has 3 aliphatic rings. The predicted octanol–water partition coefficient (Wildman–Crippen LogP) is 2.25. The molecule has 0 radical (unpaired) electrons. The number of hydrogen-bond acceptors (Lipinski definition) is 8. The van der Waals surface area contributed by atoms with Gasteiger partial charge < -0.3 is 25.0 Å². The van der Waals surface area contributed by atoms with Crippen molar-refractivity contribution in [1.29, 1.82) is 0 Å². The van der Waals surface area contributed by atoms with Gasteiger partial charge in [0.2, 0.25) is 5.95 Å². The standard InChI is InChI=1S/C19H21F3N6O2/c20-11-1-2-27(7-11)19-25-14(10-3-15(30-18(21)22)17(23)24-6-10)5-16(26-19)28-8-13-4-12(28)9-29-13/h3,5-6,11-13,18H,1-2,4,7-9H2,(H2,23,24)/t11-,12+,13+/m1/s1. The Balaban J connectivity index is 1.55. The van der Waals surface area contributed by atoms with E-state index in [1.807, 2.05) is 0 Å². The highest BCUT2D eigenvalue weighted by molar-refractivity contribution is 5.68. The fourth-order valence-electron chi connectivity index (χ4n) is 4.22. The number of fused-ring (bicyclic) bond motifs is 2. The summed E-state index contributed by atoms with van der Waals surface area (Å²) < 4.78 is 49.3. The second kappa shape index (κ2) is 7.46. The second-order valence-electron chi connectivity index (χ2n) is 7.73. The van der Waals surface area contributed by atoms with E-state index in [9.17, 15) is 13.2 Å². The zero-order valence-electron chi connectivity index (χ0n) is 16.0. The fraction of sp³-hybridized carbons (Fsp3) is 0.526. The molecule has 3 atom stereocenters. The molecule has 5 rings (SSSR count). The van der Waals surface area contributed by atoms with Gasteiger partial charge in [0.25, 0.3) is 0 Å². The molecule has 11 heteroatoms. The third-order valence-electron chi connectivity index (χ3n) is 5.70. The van der Waals surface area contributed by atoms with Gasteiger partial charge in [-0.05, 0) is 18.9 Å². The SMILES string of the molecule is Nc1ncc(-c2cc(N3C[C@@H]4C[C@H]3CO4)nc(N3CC[C@@H](F)C3)n2)cc1OC(F)F. The minimum Gasteiger partial charge on any atom is -0.431 e. The molecule has 8 nitrogen and oxygen atoms in total. The Morgan fingerprint density at radius 3 is 2.77 bits per heavy atom. The van der Waals surface area contributed by atoms with E-state index in [2.05, 4.69) is 24.6 Å². The first-order valence-corrected chi connectivity index (χ1v) is 9.83. The normalized spacial score (nSPS) is 25.5. The fourth-order valence-corrected chi connectivity index (χ4v) is 4.22. The van der Waals surface area contributed by atoms with Crippen molar-refractivity contribution in [3.05, 3.63) is 18.3 Å². The average Bonchev–Trinajstić information content (AvgIpc) is 3.46. The highest BCUT2D eigenvalue weighted by Crippen LogP contribution is 2.35. The molecule has 0 spiro atoms. The smallest absolute Gasteiger partial charge is 0.387 e. The van der Waals surface area contributed by atoms with Crippen molar-refractivity contribution < 1.29 is 22.6 Å². The maximum atomic E-state index is 13.8. The number of hydrogen-bond donors (Lipinski definition) is 1. The number of nitrogen functional groups attached to an aromatic ring is 1. The highest BCUT2D eigenvalue weighted by atomic mass is 19.3. The molecule has 3 saturated heterocycles. The molecule has 0 unspecified atom stereocenters. The van der Waals surface area contributed by atoms with Gasteiger partial charge in [-0.1, -0.05) is 0 Å². The number of nitrogens with two attached hydrogens (primary N) is 1. The molecule has 5 heterocycles. The van der Waals surface area contributed by atoms with E-state index in [4.69, 9.17) is 10.5 Å². The Bertz CT molecular complexity index is 948. The quantitative estimate of drug-likeness (QED) is 0.785. The van der Waals surface area contributed by atoms with Crippen LogP contribution in [0.4, 0.5) is 30.8 Å². The summed E-state index contributed by atoms with van der Waals surface area (Å²) in [6.45, 7) is -0.944. The monoisotopic (exact) mass is 422 g/mol. The zero-order valence-corrected chi connectivity index (χ0v) is 16.0. The van der Waals surface area contributed by atoms with E-state index in [-0.39, 0.29) is 30.3 Å². The number of pyridine rings is 1. The summed E-state index contributed by atoms with van der Waals surface area (Å²) in [5.41, 5.74) is 6.60. The van der Waals surface area contributed by atoms with Crippen LogP contribution in [-0.4, -0.2) is 66.1 Å². The molecule has 3 aliphatic heterocycles. The van der Waals surface area contributed by atoms with Gasteiger partial charge in [-0.25, -0.2) is 14.4 Å². The van der Waals surface area contributed by atoms with Crippen LogP contribution in [0.25, 0.3) is 11.3 Å². The van der Waals surface area contributed by atoms with Gasteiger partial charge in [-0.3, -0.25) is 0 Å². The Hall–Kier alpha value is -2.82. The molecule has 160 valence electrons. The summed E-state index contributed by atoms with van der Waals surface area (Å²) >= 11 is 0. The van der Waals surface area contributed by atoms with Crippen molar-refractivity contribution in [2.45, 2.75) is 37.8 Å². The molecular formula is C19H21F3N6O2. The molecular weight excluding hydrogens is 401 g/mol. The summed E-state index contributed by atoms with van der Waals surface area (Å²) in [6, 6.07) is 3.39. The largest absolute Gasteiger partial charge is 0.431 e. The Labute approximate surface area is 170 Å². The summed E-state index contributed by atoms with van der Waals surface area (Å²) in [5, 5.41) is 0. The van der Waals surface area contributed by atoms with Crippen molar-refractivity contribution in [3.63, 3.8) is 0 Å². The molecule has 0 aromatic carbocycles. The molecule has 2 N–H and O–H groups in total. The lowest BCUT2D eigenvalue weighted by molar-refractivity contribution is -0.0494. The first-order valence-electron chi connectivity index (χ1n) is 9.83. The second-order valence-corrected chi connectivity index (χ2v) is 7.73. The molecule has 0 aliphatic carbocycles. The van der Waals surface area contributed by atoms with Crippen LogP contribution in [-0.2, 0) is 4.74 Å². The van der Waals surface area contributed by atoms with Crippen LogP contribution < -0.4 is 20.3 Å². The van der Waals surface area contributed by atoms with Crippen LogP contribution in [0.1, 0.15) is 12.8 Å². The van der Waals surface area contributed by atoms with Gasteiger partial charge in [0.15, 0.2) is 11.6 Å². The van der Waals surface area contributed by atoms with Crippen molar-refractivity contribution in [1.82, 2.24) is 15.0 Å². The van der Waals surface area contributed by atoms with E-state index in [1.165, 1.54) is 12.3 Å². The predicted molar refractivity (Wildman–Crippen MR) is 104 cm³/mol. The number of halogens is 3. The summed E-state index contributed by atoms with van der Waals surface area (Å²) in [6.07, 6.45) is 2.04. The number of alkyl halides is 3. The highest BCUT2D eigenvalue weighted by Gasteiger charge is 2.40. The van der Waals surface area contributed by atoms with Crippen molar-refractivity contribution in [3.8, 4) is 17.0 Å². The van der Waals surface area contributed by atoms with Gasteiger partial charge in [-0.15, -0.1) is 0 Å². The Morgan fingerprint density at radius 2 is 2.10 bits per heavy atom. The lowest BCUT2D eigenvalue weighted by atomic mass is 10.2. The molecule has 30 heavy (non-hydrogen) atoms. The zero-order chi connectivity index (χ0) is 20.8. The third kappa shape index (κ3) is 3.57. The van der Waals surface area contributed by atoms with Crippen molar-refractivity contribution >= 4 is 17.6 Å². The van der Waals surface area contributed by atoms with Gasteiger partial charge in [-0.2, -0.15) is 13.8 Å². The van der Waals surface area contributed by atoms with Crippen LogP contribution in [0, 0.1) is 0 Å². The number of rotatable bonds is 5. The lowest BCUT2D eigenvalue weighted by Crippen LogP contribution is -2.38. The minimum atomic E-state index is -3.02. The lowest BCUT2D eigenvalue weighted by Gasteiger charge is -2.29. The maximum Gasteiger partial charge on any atom is 0.387 e. The number of aromatic nitrogens is 3. The molecule has 2 aromatic heterocycles. The van der Waals surface area contributed by atoms with Gasteiger partial charge in [0.05, 0.1) is 31.0 Å². The molecule has 0 amide bonds. The van der Waals surface area contributed by atoms with E-state index < -0.39 is 12.8 Å². The Kier molecular flexibility index (Phi) is 4.76. The first-order chi connectivity index (χ1) is 14.5. The average molecular weight is 422 g/mol. The van der Waals surface area contributed by atoms with Gasteiger partial charge in [0.1, 0.15) is 12.0 Å². The van der Waals surface area contributed by atoms with Crippen LogP contribution >= 0.6 is 0 Å². The van der Waals surface area contributed by atoms with Crippen LogP contribution in [0.3, 0.4) is 0 Å². The first kappa shape index (κ1) is 19.2. The topological polar surface area (TPSA) is 89.6 Å². The molecule has 2 bridgehead atoms. The molecule has 0 saturated carbocycles. The summed E-state index contributed by atoms with van der Waals surface area (Å²) in [5.74, 6) is 0.742. The number of anilines is 3. The Morgan fingerprint density at radius 1 is 1.23 bits per heavy atom. The summed E-state index contributed by atoms with van der Waals surface area (Å²) in [4.78, 5) is 17.2. The van der Waals surface area contributed by atoms with Gasteiger partial charge >= 0.3 is 6.61 Å². The van der Waals surface area contributed by atoms with E-state index >= 15 is 0 Å². The third-order valence-corrected chi connectivity index (χ3v) is 5.70. The molecule has 2 aromatic rings. The number of morpholine rings is 1. The minimum absolute atomic E-state index is 0.137. The van der Waals surface area contributed by atoms with Gasteiger partial charge in [0, 0.05) is 30.9 Å².